The molecule has 4 aromatic rings. The first-order chi connectivity index (χ1) is 14.6. The summed E-state index contributed by atoms with van der Waals surface area (Å²) in [4.78, 5) is 19.3. The van der Waals surface area contributed by atoms with Crippen molar-refractivity contribution >= 4 is 11.5 Å². The molecule has 1 saturated heterocycles. The quantitative estimate of drug-likeness (QED) is 0.554. The van der Waals surface area contributed by atoms with Crippen molar-refractivity contribution in [3.05, 3.63) is 54.0 Å². The summed E-state index contributed by atoms with van der Waals surface area (Å²) in [5.74, 6) is 1.63. The normalized spacial score (nSPS) is 17.2. The van der Waals surface area contributed by atoms with Gasteiger partial charge in [-0.25, -0.2) is 28.7 Å². The van der Waals surface area contributed by atoms with Crippen molar-refractivity contribution in [1.29, 1.82) is 0 Å². The molecule has 1 aliphatic rings. The molecule has 0 saturated carbocycles. The van der Waals surface area contributed by atoms with Gasteiger partial charge in [-0.3, -0.25) is 9.50 Å². The molecule has 0 amide bonds. The molecule has 1 N–H and O–H groups in total. The molecule has 5 rings (SSSR count). The number of anilines is 1. The highest BCUT2D eigenvalue weighted by molar-refractivity contribution is 5.58. The van der Waals surface area contributed by atoms with Crippen LogP contribution in [0.5, 0.6) is 0 Å². The van der Waals surface area contributed by atoms with Crippen molar-refractivity contribution in [2.24, 2.45) is 0 Å². The third kappa shape index (κ3) is 3.27. The SMILES string of the molecule is Cc1[nH]ncc1C1CCCN(c2ccnc(-c3cnc4cnc(C(F)F)cn34)n2)C1. The fraction of sp³-hybridized carbons (Fsp3) is 0.350. The molecule has 4 aromatic heterocycles. The van der Waals surface area contributed by atoms with Crippen LogP contribution in [-0.2, 0) is 0 Å². The molecular weight excluding hydrogens is 390 g/mol. The van der Waals surface area contributed by atoms with Crippen LogP contribution in [0.3, 0.4) is 0 Å². The zero-order valence-corrected chi connectivity index (χ0v) is 16.3. The van der Waals surface area contributed by atoms with Crippen LogP contribution in [-0.4, -0.2) is 47.6 Å². The molecule has 0 aromatic carbocycles. The van der Waals surface area contributed by atoms with Gasteiger partial charge >= 0.3 is 0 Å². The Labute approximate surface area is 171 Å². The second-order valence-electron chi connectivity index (χ2n) is 7.46. The lowest BCUT2D eigenvalue weighted by Gasteiger charge is -2.33. The first-order valence-electron chi connectivity index (χ1n) is 9.79. The third-order valence-electron chi connectivity index (χ3n) is 5.56. The number of hydrogen-bond donors (Lipinski definition) is 1. The second kappa shape index (κ2) is 7.43. The number of halogens is 2. The van der Waals surface area contributed by atoms with Crippen molar-refractivity contribution in [1.82, 2.24) is 34.5 Å². The Bertz CT molecular complexity index is 1180. The number of nitrogens with zero attached hydrogens (tertiary/aromatic N) is 7. The first kappa shape index (κ1) is 18.6. The first-order valence-corrected chi connectivity index (χ1v) is 9.79. The summed E-state index contributed by atoms with van der Waals surface area (Å²) in [6.07, 6.45) is 7.29. The van der Waals surface area contributed by atoms with E-state index in [4.69, 9.17) is 4.98 Å². The highest BCUT2D eigenvalue weighted by Crippen LogP contribution is 2.31. The van der Waals surface area contributed by atoms with E-state index in [-0.39, 0.29) is 5.69 Å². The van der Waals surface area contributed by atoms with E-state index in [0.29, 0.717) is 23.1 Å². The molecule has 8 nitrogen and oxygen atoms in total. The van der Waals surface area contributed by atoms with Gasteiger partial charge in [-0.1, -0.05) is 0 Å². The van der Waals surface area contributed by atoms with Gasteiger partial charge in [0.15, 0.2) is 11.5 Å². The molecular formula is C20H20F2N8. The third-order valence-corrected chi connectivity index (χ3v) is 5.56. The number of hydrogen-bond acceptors (Lipinski definition) is 6. The largest absolute Gasteiger partial charge is 0.356 e. The van der Waals surface area contributed by atoms with E-state index in [1.807, 2.05) is 19.2 Å². The average Bonchev–Trinajstić information content (AvgIpc) is 3.39. The van der Waals surface area contributed by atoms with Crippen molar-refractivity contribution in [2.75, 3.05) is 18.0 Å². The molecule has 10 heteroatoms. The van der Waals surface area contributed by atoms with Crippen LogP contribution in [0.25, 0.3) is 17.2 Å². The molecule has 0 radical (unpaired) electrons. The molecule has 0 spiro atoms. The van der Waals surface area contributed by atoms with Crippen LogP contribution >= 0.6 is 0 Å². The average molecular weight is 410 g/mol. The lowest BCUT2D eigenvalue weighted by Crippen LogP contribution is -2.35. The summed E-state index contributed by atoms with van der Waals surface area (Å²) in [7, 11) is 0. The maximum atomic E-state index is 13.1. The topological polar surface area (TPSA) is 87.9 Å². The van der Waals surface area contributed by atoms with Crippen LogP contribution in [0, 0.1) is 6.92 Å². The molecule has 0 bridgehead atoms. The fourth-order valence-electron chi connectivity index (χ4n) is 4.04. The molecule has 1 fully saturated rings. The molecule has 0 aliphatic carbocycles. The van der Waals surface area contributed by atoms with Crippen molar-refractivity contribution in [3.63, 3.8) is 0 Å². The number of aryl methyl sites for hydroxylation is 1. The van der Waals surface area contributed by atoms with Gasteiger partial charge in [0.05, 0.1) is 18.6 Å². The van der Waals surface area contributed by atoms with E-state index in [1.54, 1.807) is 16.8 Å². The Morgan fingerprint density at radius 3 is 2.87 bits per heavy atom. The van der Waals surface area contributed by atoms with Gasteiger partial charge in [-0.2, -0.15) is 5.10 Å². The lowest BCUT2D eigenvalue weighted by molar-refractivity contribution is 0.145. The monoisotopic (exact) mass is 410 g/mol. The van der Waals surface area contributed by atoms with Gasteiger partial charge in [0.1, 0.15) is 17.2 Å². The van der Waals surface area contributed by atoms with Crippen LogP contribution in [0.1, 0.15) is 42.1 Å². The van der Waals surface area contributed by atoms with Crippen LogP contribution in [0.2, 0.25) is 0 Å². The van der Waals surface area contributed by atoms with Crippen LogP contribution < -0.4 is 4.90 Å². The van der Waals surface area contributed by atoms with Gasteiger partial charge in [0.2, 0.25) is 0 Å². The lowest BCUT2D eigenvalue weighted by atomic mass is 9.91. The van der Waals surface area contributed by atoms with E-state index >= 15 is 0 Å². The number of H-pyrrole nitrogens is 1. The summed E-state index contributed by atoms with van der Waals surface area (Å²) >= 11 is 0. The number of alkyl halides is 2. The Balaban J connectivity index is 1.47. The highest BCUT2D eigenvalue weighted by atomic mass is 19.3. The number of aromatic amines is 1. The van der Waals surface area contributed by atoms with E-state index in [9.17, 15) is 8.78 Å². The number of rotatable bonds is 4. The molecule has 1 unspecified atom stereocenters. The van der Waals surface area contributed by atoms with E-state index in [1.165, 1.54) is 18.0 Å². The maximum absolute atomic E-state index is 13.1. The molecule has 30 heavy (non-hydrogen) atoms. The van der Waals surface area contributed by atoms with Crippen molar-refractivity contribution in [2.45, 2.75) is 32.1 Å². The predicted octanol–water partition coefficient (Wildman–Crippen LogP) is 3.54. The zero-order valence-electron chi connectivity index (χ0n) is 16.3. The Hall–Kier alpha value is -3.43. The van der Waals surface area contributed by atoms with Crippen molar-refractivity contribution < 1.29 is 8.78 Å². The number of imidazole rings is 1. The maximum Gasteiger partial charge on any atom is 0.281 e. The van der Waals surface area contributed by atoms with E-state index < -0.39 is 6.43 Å². The van der Waals surface area contributed by atoms with Gasteiger partial charge in [0, 0.05) is 37.1 Å². The van der Waals surface area contributed by atoms with Crippen molar-refractivity contribution in [3.8, 4) is 11.5 Å². The highest BCUT2D eigenvalue weighted by Gasteiger charge is 2.25. The van der Waals surface area contributed by atoms with Gasteiger partial charge in [0.25, 0.3) is 6.43 Å². The van der Waals surface area contributed by atoms with Crippen LogP contribution in [0.15, 0.2) is 37.1 Å². The standard InChI is InChI=1S/C20H20F2N8/c1-12-14(7-26-28-12)13-3-2-6-29(10-13)17-4-5-23-20(27-17)16-8-25-18-9-24-15(19(21)22)11-30(16)18/h4-5,7-9,11,13,19H,2-3,6,10H2,1H3,(H,26,28). The Morgan fingerprint density at radius 1 is 1.17 bits per heavy atom. The number of aromatic nitrogens is 7. The molecule has 1 atom stereocenters. The molecule has 1 aliphatic heterocycles. The summed E-state index contributed by atoms with van der Waals surface area (Å²) in [6.45, 7) is 3.78. The minimum absolute atomic E-state index is 0.313. The summed E-state index contributed by atoms with van der Waals surface area (Å²) < 4.78 is 27.7. The summed E-state index contributed by atoms with van der Waals surface area (Å²) in [5, 5.41) is 7.17. The number of piperidine rings is 1. The second-order valence-corrected chi connectivity index (χ2v) is 7.46. The number of fused-ring (bicyclic) bond motifs is 1. The number of nitrogens with one attached hydrogen (secondary N) is 1. The van der Waals surface area contributed by atoms with E-state index in [0.717, 1.165) is 37.4 Å². The Kier molecular flexibility index (Phi) is 4.61. The zero-order chi connectivity index (χ0) is 20.7. The summed E-state index contributed by atoms with van der Waals surface area (Å²) in [5.41, 5.74) is 3.04. The summed E-state index contributed by atoms with van der Waals surface area (Å²) in [6, 6.07) is 1.88. The van der Waals surface area contributed by atoms with Gasteiger partial charge in [-0.15, -0.1) is 0 Å². The van der Waals surface area contributed by atoms with Gasteiger partial charge < -0.3 is 4.90 Å². The molecule has 154 valence electrons. The molecule has 5 heterocycles. The minimum atomic E-state index is -2.66. The van der Waals surface area contributed by atoms with Gasteiger partial charge in [-0.05, 0) is 31.4 Å². The van der Waals surface area contributed by atoms with Crippen LogP contribution in [0.4, 0.5) is 14.6 Å². The fourth-order valence-corrected chi connectivity index (χ4v) is 4.04. The van der Waals surface area contributed by atoms with E-state index in [2.05, 4.69) is 30.0 Å². The predicted molar refractivity (Wildman–Crippen MR) is 106 cm³/mol. The Morgan fingerprint density at radius 2 is 2.07 bits per heavy atom. The minimum Gasteiger partial charge on any atom is -0.356 e. The smallest absolute Gasteiger partial charge is 0.281 e.